The standard InChI is InChI=1S/C16H18O8/c17-13(18)5-7-15(21)23-11-3-1-9-10(11)2-4-12(9)24-16(22)8-6-14(19)20/h5-12H,1-4H2,(H,17,18)(H,19,20)/b7-5+,8-6+/t9-,10-,11-,12-/m0/s1. The second-order valence-electron chi connectivity index (χ2n) is 5.78. The number of carbonyl (C=O) groups is 4. The summed E-state index contributed by atoms with van der Waals surface area (Å²) < 4.78 is 10.6. The highest BCUT2D eigenvalue weighted by molar-refractivity contribution is 5.91. The molecule has 2 saturated carbocycles. The zero-order chi connectivity index (χ0) is 17.7. The summed E-state index contributed by atoms with van der Waals surface area (Å²) in [5, 5.41) is 17.0. The lowest BCUT2D eigenvalue weighted by Gasteiger charge is -2.20. The number of aliphatic carboxylic acids is 2. The molecule has 8 heteroatoms. The molecule has 0 aromatic carbocycles. The first-order chi connectivity index (χ1) is 11.4. The van der Waals surface area contributed by atoms with E-state index >= 15 is 0 Å². The maximum absolute atomic E-state index is 11.6. The van der Waals surface area contributed by atoms with Crippen molar-refractivity contribution in [1.29, 1.82) is 0 Å². The number of carbonyl (C=O) groups excluding carboxylic acids is 2. The topological polar surface area (TPSA) is 127 Å². The third kappa shape index (κ3) is 4.68. The van der Waals surface area contributed by atoms with Crippen LogP contribution in [0.2, 0.25) is 0 Å². The zero-order valence-electron chi connectivity index (χ0n) is 12.8. The molecule has 8 nitrogen and oxygen atoms in total. The third-order valence-corrected chi connectivity index (χ3v) is 4.33. The molecule has 2 aliphatic rings. The third-order valence-electron chi connectivity index (χ3n) is 4.33. The molecular formula is C16H18O8. The normalized spacial score (nSPS) is 28.8. The van der Waals surface area contributed by atoms with Gasteiger partial charge in [-0.3, -0.25) is 0 Å². The van der Waals surface area contributed by atoms with Crippen molar-refractivity contribution in [3.8, 4) is 0 Å². The van der Waals surface area contributed by atoms with Gasteiger partial charge in [-0.1, -0.05) is 0 Å². The largest absolute Gasteiger partial charge is 0.478 e. The summed E-state index contributed by atoms with van der Waals surface area (Å²) in [5.74, 6) is -3.72. The fraction of sp³-hybridized carbons (Fsp3) is 0.500. The van der Waals surface area contributed by atoms with E-state index < -0.39 is 23.9 Å². The highest BCUT2D eigenvalue weighted by atomic mass is 16.6. The molecule has 2 rings (SSSR count). The second-order valence-corrected chi connectivity index (χ2v) is 5.78. The van der Waals surface area contributed by atoms with Gasteiger partial charge in [0.15, 0.2) is 0 Å². The van der Waals surface area contributed by atoms with E-state index in [-0.39, 0.29) is 24.0 Å². The minimum atomic E-state index is -1.22. The van der Waals surface area contributed by atoms with Gasteiger partial charge < -0.3 is 19.7 Å². The summed E-state index contributed by atoms with van der Waals surface area (Å²) in [6.45, 7) is 0. The molecule has 0 heterocycles. The van der Waals surface area contributed by atoms with Crippen LogP contribution in [0.1, 0.15) is 25.7 Å². The average Bonchev–Trinajstić information content (AvgIpc) is 3.07. The van der Waals surface area contributed by atoms with E-state index in [1.165, 1.54) is 0 Å². The van der Waals surface area contributed by atoms with Crippen molar-refractivity contribution in [1.82, 2.24) is 0 Å². The molecule has 0 radical (unpaired) electrons. The lowest BCUT2D eigenvalue weighted by molar-refractivity contribution is -0.147. The number of fused-ring (bicyclic) bond motifs is 1. The maximum Gasteiger partial charge on any atom is 0.331 e. The fourth-order valence-corrected chi connectivity index (χ4v) is 3.44. The highest BCUT2D eigenvalue weighted by Gasteiger charge is 2.47. The van der Waals surface area contributed by atoms with E-state index in [1.54, 1.807) is 0 Å². The minimum Gasteiger partial charge on any atom is -0.478 e. The van der Waals surface area contributed by atoms with Crippen LogP contribution in [-0.4, -0.2) is 46.3 Å². The number of hydrogen-bond donors (Lipinski definition) is 2. The van der Waals surface area contributed by atoms with Crippen molar-refractivity contribution in [2.45, 2.75) is 37.9 Å². The van der Waals surface area contributed by atoms with Gasteiger partial charge in [-0.15, -0.1) is 0 Å². The number of carboxylic acids is 2. The van der Waals surface area contributed by atoms with E-state index in [9.17, 15) is 19.2 Å². The molecular weight excluding hydrogens is 320 g/mol. The van der Waals surface area contributed by atoms with Crippen LogP contribution in [0.25, 0.3) is 0 Å². The van der Waals surface area contributed by atoms with Crippen LogP contribution in [0.4, 0.5) is 0 Å². The van der Waals surface area contributed by atoms with Gasteiger partial charge in [0.2, 0.25) is 0 Å². The van der Waals surface area contributed by atoms with Crippen LogP contribution in [0.3, 0.4) is 0 Å². The Morgan fingerprint density at radius 1 is 0.667 bits per heavy atom. The van der Waals surface area contributed by atoms with Crippen LogP contribution in [0, 0.1) is 11.8 Å². The van der Waals surface area contributed by atoms with Crippen molar-refractivity contribution < 1.29 is 38.9 Å². The van der Waals surface area contributed by atoms with Crippen molar-refractivity contribution in [3.05, 3.63) is 24.3 Å². The summed E-state index contributed by atoms with van der Waals surface area (Å²) in [6, 6.07) is 0. The predicted molar refractivity (Wildman–Crippen MR) is 78.8 cm³/mol. The Balaban J connectivity index is 1.87. The minimum absolute atomic E-state index is 0.0634. The fourth-order valence-electron chi connectivity index (χ4n) is 3.44. The molecule has 0 aromatic rings. The van der Waals surface area contributed by atoms with Crippen LogP contribution < -0.4 is 0 Å². The van der Waals surface area contributed by atoms with E-state index in [4.69, 9.17) is 19.7 Å². The van der Waals surface area contributed by atoms with Crippen LogP contribution >= 0.6 is 0 Å². The molecule has 0 unspecified atom stereocenters. The quantitative estimate of drug-likeness (QED) is 0.540. The number of ether oxygens (including phenoxy) is 2. The molecule has 0 amide bonds. The van der Waals surface area contributed by atoms with Crippen molar-refractivity contribution in [2.24, 2.45) is 11.8 Å². The first-order valence-electron chi connectivity index (χ1n) is 7.60. The van der Waals surface area contributed by atoms with Gasteiger partial charge in [-0.05, 0) is 25.7 Å². The maximum atomic E-state index is 11.6. The monoisotopic (exact) mass is 338 g/mol. The Kier molecular flexibility index (Phi) is 5.73. The number of esters is 2. The lowest BCUT2D eigenvalue weighted by Crippen LogP contribution is -2.25. The summed E-state index contributed by atoms with van der Waals surface area (Å²) in [6.07, 6.45) is 5.27. The average molecular weight is 338 g/mol. The summed E-state index contributed by atoms with van der Waals surface area (Å²) in [7, 11) is 0. The molecule has 2 N–H and O–H groups in total. The van der Waals surface area contributed by atoms with E-state index in [0.29, 0.717) is 12.8 Å². The Hall–Kier alpha value is -2.64. The highest BCUT2D eigenvalue weighted by Crippen LogP contribution is 2.46. The number of rotatable bonds is 6. The molecule has 0 aromatic heterocycles. The zero-order valence-corrected chi connectivity index (χ0v) is 12.8. The van der Waals surface area contributed by atoms with Crippen molar-refractivity contribution in [3.63, 3.8) is 0 Å². The summed E-state index contributed by atoms with van der Waals surface area (Å²) >= 11 is 0. The van der Waals surface area contributed by atoms with Crippen LogP contribution in [0.15, 0.2) is 24.3 Å². The number of hydrogen-bond acceptors (Lipinski definition) is 6. The molecule has 130 valence electrons. The van der Waals surface area contributed by atoms with Gasteiger partial charge in [-0.2, -0.15) is 0 Å². The molecule has 0 saturated heterocycles. The SMILES string of the molecule is O=C(O)/C=C/C(=O)O[C@H]1CC[C@H]2[C@@H]1CC[C@@H]2OC(=O)/C=C/C(=O)O. The lowest BCUT2D eigenvalue weighted by atomic mass is 9.98. The van der Waals surface area contributed by atoms with Gasteiger partial charge in [0, 0.05) is 36.1 Å². The van der Waals surface area contributed by atoms with Gasteiger partial charge in [-0.25, -0.2) is 19.2 Å². The van der Waals surface area contributed by atoms with Gasteiger partial charge in [0.1, 0.15) is 12.2 Å². The van der Waals surface area contributed by atoms with Gasteiger partial charge in [0.05, 0.1) is 0 Å². The molecule has 2 aliphatic carbocycles. The van der Waals surface area contributed by atoms with Gasteiger partial charge >= 0.3 is 23.9 Å². The van der Waals surface area contributed by atoms with Gasteiger partial charge in [0.25, 0.3) is 0 Å². The molecule has 0 spiro atoms. The summed E-state index contributed by atoms with van der Waals surface area (Å²) in [4.78, 5) is 43.9. The Labute approximate surface area is 137 Å². The van der Waals surface area contributed by atoms with Crippen LogP contribution in [0.5, 0.6) is 0 Å². The molecule has 0 aliphatic heterocycles. The molecule has 0 bridgehead atoms. The Morgan fingerprint density at radius 2 is 1.04 bits per heavy atom. The summed E-state index contributed by atoms with van der Waals surface area (Å²) in [5.41, 5.74) is 0. The molecule has 24 heavy (non-hydrogen) atoms. The van der Waals surface area contributed by atoms with Crippen molar-refractivity contribution in [2.75, 3.05) is 0 Å². The molecule has 2 fully saturated rings. The Morgan fingerprint density at radius 3 is 1.38 bits per heavy atom. The predicted octanol–water partition coefficient (Wildman–Crippen LogP) is 0.912. The number of carboxylic acid groups (broad SMARTS) is 2. The van der Waals surface area contributed by atoms with E-state index in [1.807, 2.05) is 0 Å². The van der Waals surface area contributed by atoms with E-state index in [0.717, 1.165) is 37.1 Å². The molecule has 4 atom stereocenters. The second kappa shape index (κ2) is 7.76. The van der Waals surface area contributed by atoms with E-state index in [2.05, 4.69) is 0 Å². The van der Waals surface area contributed by atoms with Crippen molar-refractivity contribution >= 4 is 23.9 Å². The smallest absolute Gasteiger partial charge is 0.331 e. The first-order valence-corrected chi connectivity index (χ1v) is 7.60. The Bertz CT molecular complexity index is 539. The van der Waals surface area contributed by atoms with Crippen LogP contribution in [-0.2, 0) is 28.7 Å². The first kappa shape index (κ1) is 17.7.